The molecular weight excluding hydrogens is 406 g/mol. The van der Waals surface area contributed by atoms with Gasteiger partial charge in [0.05, 0.1) is 17.9 Å². The number of anilines is 1. The second-order valence-electron chi connectivity index (χ2n) is 8.97. The van der Waals surface area contributed by atoms with E-state index >= 15 is 0 Å². The zero-order valence-corrected chi connectivity index (χ0v) is 18.2. The van der Waals surface area contributed by atoms with E-state index in [2.05, 4.69) is 10.6 Å². The van der Waals surface area contributed by atoms with Crippen LogP contribution in [0.5, 0.6) is 0 Å². The number of hydrogen-bond donors (Lipinski definition) is 3. The van der Waals surface area contributed by atoms with E-state index in [1.807, 2.05) is 55.5 Å². The van der Waals surface area contributed by atoms with Crippen LogP contribution in [0.25, 0.3) is 0 Å². The van der Waals surface area contributed by atoms with Gasteiger partial charge in [0, 0.05) is 23.8 Å². The number of hydrogen-bond acceptors (Lipinski definition) is 5. The Labute approximate surface area is 186 Å². The zero-order chi connectivity index (χ0) is 22.6. The molecule has 0 bridgehead atoms. The summed E-state index contributed by atoms with van der Waals surface area (Å²) in [6.45, 7) is 3.87. The third-order valence-electron chi connectivity index (χ3n) is 7.20. The molecule has 3 aliphatic heterocycles. The Kier molecular flexibility index (Phi) is 4.91. The highest BCUT2D eigenvalue weighted by Gasteiger charge is 2.71. The lowest BCUT2D eigenvalue weighted by Gasteiger charge is -2.30. The Morgan fingerprint density at radius 3 is 2.50 bits per heavy atom. The first kappa shape index (κ1) is 20.8. The van der Waals surface area contributed by atoms with Crippen LogP contribution in [0.15, 0.2) is 48.5 Å². The van der Waals surface area contributed by atoms with Gasteiger partial charge in [0.1, 0.15) is 5.54 Å². The van der Waals surface area contributed by atoms with Gasteiger partial charge in [0.25, 0.3) is 0 Å². The van der Waals surface area contributed by atoms with Crippen LogP contribution in [0.4, 0.5) is 5.69 Å². The van der Waals surface area contributed by atoms with Crippen LogP contribution in [0, 0.1) is 11.8 Å². The maximum absolute atomic E-state index is 13.7. The minimum Gasteiger partial charge on any atom is -0.392 e. The molecule has 2 aromatic rings. The van der Waals surface area contributed by atoms with E-state index in [0.29, 0.717) is 17.7 Å². The van der Waals surface area contributed by atoms with Crippen molar-refractivity contribution in [2.24, 2.45) is 11.8 Å². The average Bonchev–Trinajstić information content (AvgIpc) is 3.38. The minimum absolute atomic E-state index is 0.251. The number of fused-ring (bicyclic) bond motifs is 4. The van der Waals surface area contributed by atoms with Crippen LogP contribution in [0.3, 0.4) is 0 Å². The lowest BCUT2D eigenvalue weighted by molar-refractivity contribution is -0.143. The van der Waals surface area contributed by atoms with Gasteiger partial charge < -0.3 is 10.4 Å². The van der Waals surface area contributed by atoms with Gasteiger partial charge in [0.2, 0.25) is 17.7 Å². The van der Waals surface area contributed by atoms with Crippen molar-refractivity contribution in [3.05, 3.63) is 65.2 Å². The molecule has 1 spiro atoms. The molecule has 3 N–H and O–H groups in total. The molecule has 0 unspecified atom stereocenters. The Bertz CT molecular complexity index is 1100. The minimum atomic E-state index is -1.36. The van der Waals surface area contributed by atoms with Crippen LogP contribution in [-0.2, 0) is 32.8 Å². The number of likely N-dealkylation sites (tertiary alicyclic amines) is 1. The summed E-state index contributed by atoms with van der Waals surface area (Å²) in [4.78, 5) is 41.8. The molecule has 0 saturated carbocycles. The number of rotatable bonds is 5. The number of aryl methyl sites for hydroxylation is 1. The zero-order valence-electron chi connectivity index (χ0n) is 18.2. The molecule has 32 heavy (non-hydrogen) atoms. The molecule has 2 fully saturated rings. The van der Waals surface area contributed by atoms with Gasteiger partial charge in [0.15, 0.2) is 0 Å². The van der Waals surface area contributed by atoms with E-state index in [0.717, 1.165) is 17.5 Å². The molecule has 2 aromatic carbocycles. The summed E-state index contributed by atoms with van der Waals surface area (Å²) < 4.78 is 0. The standard InChI is InChI=1S/C25H27N3O4/c1-3-15-9-10-18-17(13-15)25(24(32)26-18)20-19(21(27-25)14(2)29)22(30)28(23(20)31)12-11-16-7-5-4-6-8-16/h4-10,13-14,19-21,27,29H,3,11-12H2,1-2H3,(H,26,32)/t14-,19-,20-,21-,25-/m0/s1. The smallest absolute Gasteiger partial charge is 0.250 e. The van der Waals surface area contributed by atoms with Crippen LogP contribution in [-0.4, -0.2) is 46.4 Å². The van der Waals surface area contributed by atoms with Gasteiger partial charge in [-0.25, -0.2) is 0 Å². The van der Waals surface area contributed by atoms with Gasteiger partial charge in [-0.05, 0) is 37.0 Å². The number of benzene rings is 2. The van der Waals surface area contributed by atoms with Crippen molar-refractivity contribution in [2.45, 2.75) is 44.4 Å². The van der Waals surface area contributed by atoms with Gasteiger partial charge in [-0.1, -0.05) is 49.4 Å². The predicted molar refractivity (Wildman–Crippen MR) is 119 cm³/mol. The van der Waals surface area contributed by atoms with Crippen molar-refractivity contribution in [1.82, 2.24) is 10.2 Å². The summed E-state index contributed by atoms with van der Waals surface area (Å²) in [6, 6.07) is 14.7. The van der Waals surface area contributed by atoms with Crippen molar-refractivity contribution in [3.63, 3.8) is 0 Å². The molecule has 7 nitrogen and oxygen atoms in total. The molecule has 3 heterocycles. The quantitative estimate of drug-likeness (QED) is 0.622. The fraction of sp³-hybridized carbons (Fsp3) is 0.400. The van der Waals surface area contributed by atoms with E-state index in [9.17, 15) is 19.5 Å². The van der Waals surface area contributed by atoms with Crippen LogP contribution >= 0.6 is 0 Å². The largest absolute Gasteiger partial charge is 0.392 e. The number of amides is 3. The van der Waals surface area contributed by atoms with Crippen molar-refractivity contribution in [2.75, 3.05) is 11.9 Å². The highest BCUT2D eigenvalue weighted by Crippen LogP contribution is 2.53. The molecule has 0 aliphatic carbocycles. The third-order valence-corrected chi connectivity index (χ3v) is 7.20. The van der Waals surface area contributed by atoms with Gasteiger partial charge in [-0.15, -0.1) is 0 Å². The summed E-state index contributed by atoms with van der Waals surface area (Å²) in [6.07, 6.45) is 0.417. The molecule has 0 aromatic heterocycles. The maximum atomic E-state index is 13.7. The highest BCUT2D eigenvalue weighted by atomic mass is 16.3. The highest BCUT2D eigenvalue weighted by molar-refractivity contribution is 6.15. The summed E-state index contributed by atoms with van der Waals surface area (Å²) in [5.41, 5.74) is 2.04. The SMILES string of the molecule is CCc1ccc2c(c1)[C@@]1(N[C@@H]([C@H](C)O)[C@H]3C(=O)N(CCc4ccccc4)C(=O)[C@H]31)C(=O)N2. The Morgan fingerprint density at radius 1 is 1.06 bits per heavy atom. The molecule has 0 radical (unpaired) electrons. The fourth-order valence-electron chi connectivity index (χ4n) is 5.58. The van der Waals surface area contributed by atoms with Crippen molar-refractivity contribution >= 4 is 23.4 Å². The lowest BCUT2D eigenvalue weighted by Crippen LogP contribution is -2.55. The number of nitrogens with zero attached hydrogens (tertiary/aromatic N) is 1. The van der Waals surface area contributed by atoms with E-state index in [1.54, 1.807) is 6.92 Å². The van der Waals surface area contributed by atoms with Crippen LogP contribution in [0.1, 0.15) is 30.5 Å². The second-order valence-corrected chi connectivity index (χ2v) is 8.97. The molecule has 5 atom stereocenters. The molecule has 5 rings (SSSR count). The van der Waals surface area contributed by atoms with Crippen molar-refractivity contribution in [1.29, 1.82) is 0 Å². The third kappa shape index (κ3) is 2.84. The molecule has 7 heteroatoms. The molecule has 3 aliphatic rings. The van der Waals surface area contributed by atoms with Gasteiger partial charge in [-0.3, -0.25) is 24.6 Å². The molecule has 166 valence electrons. The normalized spacial score (nSPS) is 29.4. The number of aliphatic hydroxyl groups excluding tert-OH is 1. The number of nitrogens with one attached hydrogen (secondary N) is 2. The molecule has 3 amide bonds. The van der Waals surface area contributed by atoms with E-state index in [1.165, 1.54) is 4.90 Å². The van der Waals surface area contributed by atoms with Gasteiger partial charge in [-0.2, -0.15) is 0 Å². The number of imide groups is 1. The second kappa shape index (κ2) is 7.53. The fourth-order valence-corrected chi connectivity index (χ4v) is 5.58. The summed E-state index contributed by atoms with van der Waals surface area (Å²) >= 11 is 0. The monoisotopic (exact) mass is 433 g/mol. The number of aliphatic hydroxyl groups is 1. The van der Waals surface area contributed by atoms with E-state index in [-0.39, 0.29) is 24.3 Å². The number of carbonyl (C=O) groups excluding carboxylic acids is 3. The average molecular weight is 434 g/mol. The Balaban J connectivity index is 1.56. The van der Waals surface area contributed by atoms with Crippen molar-refractivity contribution < 1.29 is 19.5 Å². The van der Waals surface area contributed by atoms with Gasteiger partial charge >= 0.3 is 0 Å². The van der Waals surface area contributed by atoms with E-state index < -0.39 is 29.5 Å². The van der Waals surface area contributed by atoms with Crippen LogP contribution in [0.2, 0.25) is 0 Å². The Morgan fingerprint density at radius 2 is 1.81 bits per heavy atom. The lowest BCUT2D eigenvalue weighted by atomic mass is 9.76. The van der Waals surface area contributed by atoms with Crippen molar-refractivity contribution in [3.8, 4) is 0 Å². The molecular formula is C25H27N3O4. The summed E-state index contributed by atoms with van der Waals surface area (Å²) in [5.74, 6) is -2.69. The summed E-state index contributed by atoms with van der Waals surface area (Å²) in [5, 5.41) is 16.6. The van der Waals surface area contributed by atoms with E-state index in [4.69, 9.17) is 0 Å². The van der Waals surface area contributed by atoms with Crippen LogP contribution < -0.4 is 10.6 Å². The first-order chi connectivity index (χ1) is 15.4. The molecule has 2 saturated heterocycles. The Hall–Kier alpha value is -3.03. The maximum Gasteiger partial charge on any atom is 0.250 e. The first-order valence-electron chi connectivity index (χ1n) is 11.2. The topological polar surface area (TPSA) is 98.7 Å². The summed E-state index contributed by atoms with van der Waals surface area (Å²) in [7, 11) is 0. The predicted octanol–water partition coefficient (Wildman–Crippen LogP) is 1.59. The number of carbonyl (C=O) groups is 3. The first-order valence-corrected chi connectivity index (χ1v) is 11.2.